The number of fused-ring (bicyclic) bond motifs is 7. The van der Waals surface area contributed by atoms with E-state index in [9.17, 15) is 14.4 Å². The van der Waals surface area contributed by atoms with Gasteiger partial charge in [-0.1, -0.05) is 241 Å². The number of allylic oxidation sites excluding steroid dienone is 6. The third-order valence-corrected chi connectivity index (χ3v) is 20.6. The Bertz CT molecular complexity index is 7550. The number of rotatable bonds is 11. The van der Waals surface area contributed by atoms with Crippen LogP contribution in [0, 0.1) is 49.4 Å². The maximum Gasteiger partial charge on any atom is 0.189 e. The van der Waals surface area contributed by atoms with E-state index in [2.05, 4.69) is 198 Å². The topological polar surface area (TPSA) is 241 Å². The number of oxazole rings is 1. The number of para-hydroxylation sites is 7. The van der Waals surface area contributed by atoms with Gasteiger partial charge in [0.2, 0.25) is 0 Å². The van der Waals surface area contributed by atoms with Crippen LogP contribution in [0.15, 0.2) is 452 Å². The smallest absolute Gasteiger partial charge is 0.189 e. The Labute approximate surface area is 897 Å². The molecular formula is C120H92Ir5N9O7S-7. The molecule has 16 nitrogen and oxygen atoms in total. The summed E-state index contributed by atoms with van der Waals surface area (Å²) in [6.45, 7) is 9.23. The number of aliphatic hydroxyl groups excluding tert-OH is 3. The van der Waals surface area contributed by atoms with E-state index in [4.69, 9.17) is 24.7 Å². The minimum Gasteiger partial charge on any atom is -0.512 e. The van der Waals surface area contributed by atoms with Crippen molar-refractivity contribution in [2.24, 2.45) is 0 Å². The van der Waals surface area contributed by atoms with E-state index in [1.54, 1.807) is 66.6 Å². The molecule has 22 heteroatoms. The molecule has 9 aromatic heterocycles. The summed E-state index contributed by atoms with van der Waals surface area (Å²) in [5.41, 5.74) is 20.3. The zero-order chi connectivity index (χ0) is 95.7. The summed E-state index contributed by atoms with van der Waals surface area (Å²) in [7, 11) is 0. The molecule has 0 bridgehead atoms. The number of nitrogens with zero attached hydrogens (tertiary/aromatic N) is 9. The SMILES string of the molecule is CC(=O)C=C(C)O.CC(=O)C=C(C)O.CC(O)=CC(=O)c1ccccc1.Cc1c[c-]c(-c2ccc3ccccc3n2)cc1.[Ir].[Ir].[Ir].[Ir].[Ir].[c-]1ccc2ccccc2c1-c1ccc2ccccc2n1.[c-]1ccccc1-c1ccc2ccccc2n1.[c-]1ccccc1-c1cnccn1.[c-]1ccccc1-c1nc2ccccc2o1.[c-]1ccsc1-c1ccc2ccccc2n1.[c-]1cnccc1-c1ccc2ccccc2n1. The zero-order valence-electron chi connectivity index (χ0n) is 77.6. The molecule has 0 saturated carbocycles. The number of aliphatic hydroxyl groups is 3. The zero-order valence-corrected chi connectivity index (χ0v) is 90.4. The number of carbonyl (C=O) groups is 3. The van der Waals surface area contributed by atoms with Crippen LogP contribution in [-0.2, 0) is 110 Å². The van der Waals surface area contributed by atoms with E-state index in [-0.39, 0.29) is 135 Å². The molecule has 22 aromatic rings. The van der Waals surface area contributed by atoms with Gasteiger partial charge in [-0.05, 0) is 145 Å². The molecule has 0 unspecified atom stereocenters. The molecule has 5 radical (unpaired) electrons. The number of aryl methyl sites for hydroxylation is 1. The second-order valence-corrected chi connectivity index (χ2v) is 31.3. The van der Waals surface area contributed by atoms with Gasteiger partial charge in [0, 0.05) is 149 Å². The molecule has 0 aliphatic heterocycles. The minimum absolute atomic E-state index is 0. The molecule has 717 valence electrons. The van der Waals surface area contributed by atoms with E-state index in [0.29, 0.717) is 11.5 Å². The summed E-state index contributed by atoms with van der Waals surface area (Å²) in [6, 6.07) is 146. The average molecular weight is 2770 g/mol. The van der Waals surface area contributed by atoms with Gasteiger partial charge < -0.3 is 34.7 Å². The van der Waals surface area contributed by atoms with Crippen LogP contribution in [0.3, 0.4) is 0 Å². The fourth-order valence-corrected chi connectivity index (χ4v) is 14.1. The van der Waals surface area contributed by atoms with Crippen LogP contribution < -0.4 is 0 Å². The molecule has 0 spiro atoms. The second-order valence-electron chi connectivity index (χ2n) is 30.4. The van der Waals surface area contributed by atoms with Gasteiger partial charge >= 0.3 is 0 Å². The van der Waals surface area contributed by atoms with Crippen LogP contribution in [0.25, 0.3) is 155 Å². The van der Waals surface area contributed by atoms with Gasteiger partial charge in [0.25, 0.3) is 0 Å². The standard InChI is InChI=1S/C19H12N.C16H12N.C15H10N.C14H9N2.C13H8NO.C13H8NS.C10H7N2.C10H10O2.2C5H8O2.5Ir/c1-3-9-16-14(6-1)8-5-10-17(16)19-13-12-15-7-2-4-11-18(15)20-19;1-12-6-8-14(9-7-12)16-11-10-13-4-2-3-5-15(13)17-16;1-2-6-12(7-3-1)15-11-10-13-8-4-5-9-14(13)16-15;1-2-4-13-11(3-1)5-6-14(16-13)12-7-9-15-10-8-12;1-2-6-10(7-3-1)13-14-11-8-4-5-9-12(11)15-13;1-2-5-11-10(4-1)7-8-12(14-11)13-6-3-9-15-13;1-2-4-9(5-3-1)10-8-11-6-7-12-10;1-8(11)7-10(12)9-5-3-2-4-6-9;2*1-4(6)3-5(2)7;;;;;/h1-9,11-13H;2-8,10-11H,1H3;1-6,8-11H;1-7,9-10H;1-6,8-9H;1-5,7-9H;1-4,6-8H;2-7,11H,1H3;2*3,6H,1-2H3;;;;;/q7*-1;;;;;;;;. The first-order valence-electron chi connectivity index (χ1n) is 43.6. The van der Waals surface area contributed by atoms with Crippen LogP contribution in [0.2, 0.25) is 0 Å². The summed E-state index contributed by atoms with van der Waals surface area (Å²) in [4.78, 5) is 72.0. The van der Waals surface area contributed by atoms with Crippen molar-refractivity contribution in [2.75, 3.05) is 0 Å². The van der Waals surface area contributed by atoms with Crippen LogP contribution in [-0.4, -0.2) is 77.5 Å². The molecule has 0 saturated heterocycles. The summed E-state index contributed by atoms with van der Waals surface area (Å²) < 4.78 is 5.61. The van der Waals surface area contributed by atoms with Crippen LogP contribution in [0.5, 0.6) is 0 Å². The molecule has 0 atom stereocenters. The summed E-state index contributed by atoms with van der Waals surface area (Å²) in [5.74, 6) is 0.358. The first-order chi connectivity index (χ1) is 66.9. The monoisotopic (exact) mass is 2770 g/mol. The Balaban J connectivity index is 0.000000195. The number of ketones is 3. The molecule has 0 aliphatic rings. The van der Waals surface area contributed by atoms with Gasteiger partial charge in [0.05, 0.1) is 50.4 Å². The van der Waals surface area contributed by atoms with Gasteiger partial charge in [-0.15, -0.1) is 178 Å². The van der Waals surface area contributed by atoms with E-state index in [1.807, 2.05) is 248 Å². The van der Waals surface area contributed by atoms with E-state index < -0.39 is 0 Å². The number of pyridine rings is 6. The minimum atomic E-state index is -0.171. The molecule has 0 fully saturated rings. The van der Waals surface area contributed by atoms with Gasteiger partial charge in [-0.2, -0.15) is 23.8 Å². The Hall–Kier alpha value is -14.6. The number of thiophene rings is 1. The number of aromatic nitrogens is 9. The van der Waals surface area contributed by atoms with E-state index in [0.717, 1.165) is 122 Å². The summed E-state index contributed by atoms with van der Waals surface area (Å²) in [5, 5.41) is 35.8. The summed E-state index contributed by atoms with van der Waals surface area (Å²) in [6.07, 6.45) is 12.0. The van der Waals surface area contributed by atoms with Crippen molar-refractivity contribution < 1.29 is 135 Å². The van der Waals surface area contributed by atoms with Crippen molar-refractivity contribution in [1.29, 1.82) is 0 Å². The Morgan fingerprint density at radius 1 is 0.317 bits per heavy atom. The number of benzene rings is 13. The molecule has 13 aromatic carbocycles. The maximum atomic E-state index is 11.2. The third-order valence-electron chi connectivity index (χ3n) is 19.8. The molecule has 0 amide bonds. The molecule has 142 heavy (non-hydrogen) atoms. The van der Waals surface area contributed by atoms with Crippen molar-refractivity contribution in [3.63, 3.8) is 0 Å². The van der Waals surface area contributed by atoms with Gasteiger partial charge in [0.1, 0.15) is 11.5 Å². The Morgan fingerprint density at radius 2 is 0.732 bits per heavy atom. The molecule has 22 rings (SSSR count). The third kappa shape index (κ3) is 35.3. The predicted molar refractivity (Wildman–Crippen MR) is 554 cm³/mol. The Morgan fingerprint density at radius 3 is 1.15 bits per heavy atom. The maximum absolute atomic E-state index is 11.2. The van der Waals surface area contributed by atoms with Crippen LogP contribution in [0.1, 0.15) is 50.5 Å². The normalized spacial score (nSPS) is 10.3. The average Bonchev–Trinajstić information content (AvgIpc) is 1.13. The number of hydrogen-bond acceptors (Lipinski definition) is 17. The fraction of sp³-hybridized carbons (Fsp3) is 0.0500. The van der Waals surface area contributed by atoms with Gasteiger partial charge in [0.15, 0.2) is 17.3 Å². The van der Waals surface area contributed by atoms with E-state index in [1.165, 1.54) is 85.3 Å². The van der Waals surface area contributed by atoms with Crippen molar-refractivity contribution in [1.82, 2.24) is 44.9 Å². The van der Waals surface area contributed by atoms with Crippen molar-refractivity contribution in [3.05, 3.63) is 502 Å². The molecule has 3 N–H and O–H groups in total. The molecule has 9 heterocycles. The van der Waals surface area contributed by atoms with Crippen LogP contribution >= 0.6 is 11.3 Å². The second kappa shape index (κ2) is 59.8. The predicted octanol–water partition coefficient (Wildman–Crippen LogP) is 29.1. The number of carbonyl (C=O) groups excluding carboxylic acids is 3. The van der Waals surface area contributed by atoms with Gasteiger partial charge in [-0.3, -0.25) is 44.3 Å². The van der Waals surface area contributed by atoms with Gasteiger partial charge in [-0.25, -0.2) is 11.3 Å². The summed E-state index contributed by atoms with van der Waals surface area (Å²) >= 11 is 1.67. The first-order valence-corrected chi connectivity index (χ1v) is 44.5. The first kappa shape index (κ1) is 113. The molecule has 0 aliphatic carbocycles. The molecular weight excluding hydrogens is 2670 g/mol. The van der Waals surface area contributed by atoms with Crippen molar-refractivity contribution in [3.8, 4) is 78.3 Å². The van der Waals surface area contributed by atoms with E-state index >= 15 is 0 Å². The fourth-order valence-electron chi connectivity index (χ4n) is 13.5. The van der Waals surface area contributed by atoms with Crippen LogP contribution in [0.4, 0.5) is 0 Å². The Kier molecular flexibility index (Phi) is 47.5. The van der Waals surface area contributed by atoms with Crippen molar-refractivity contribution in [2.45, 2.75) is 41.5 Å². The van der Waals surface area contributed by atoms with Crippen molar-refractivity contribution >= 4 is 105 Å². The largest absolute Gasteiger partial charge is 0.512 e. The quantitative estimate of drug-likeness (QED) is 0.0472. The number of hydrogen-bond donors (Lipinski definition) is 3.